The third-order valence-corrected chi connectivity index (χ3v) is 2.68. The van der Waals surface area contributed by atoms with Crippen LogP contribution >= 0.6 is 0 Å². The fourth-order valence-corrected chi connectivity index (χ4v) is 1.91. The van der Waals surface area contributed by atoms with Gasteiger partial charge < -0.3 is 10.2 Å². The molecule has 0 saturated carbocycles. The van der Waals surface area contributed by atoms with Crippen LogP contribution in [0.5, 0.6) is 11.5 Å². The Morgan fingerprint density at radius 3 is 2.12 bits per heavy atom. The van der Waals surface area contributed by atoms with E-state index >= 15 is 0 Å². The van der Waals surface area contributed by atoms with E-state index in [0.29, 0.717) is 6.42 Å². The van der Waals surface area contributed by atoms with Crippen molar-refractivity contribution in [1.29, 1.82) is 0 Å². The summed E-state index contributed by atoms with van der Waals surface area (Å²) in [6, 6.07) is 12.7. The molecule has 0 unspecified atom stereocenters. The Bertz CT molecular complexity index is 490. The number of phenolic OH excluding ortho intramolecular Hbond substituents is 2. The van der Waals surface area contributed by atoms with E-state index in [1.165, 1.54) is 12.1 Å². The third kappa shape index (κ3) is 1.74. The maximum Gasteiger partial charge on any atom is 0.123 e. The molecule has 0 aliphatic heterocycles. The highest BCUT2D eigenvalue weighted by Crippen LogP contribution is 2.37. The van der Waals surface area contributed by atoms with Crippen molar-refractivity contribution in [2.45, 2.75) is 13.3 Å². The van der Waals surface area contributed by atoms with Gasteiger partial charge in [-0.2, -0.15) is 0 Å². The molecule has 16 heavy (non-hydrogen) atoms. The molecular formula is C14H14O2. The largest absolute Gasteiger partial charge is 0.508 e. The summed E-state index contributed by atoms with van der Waals surface area (Å²) in [5.74, 6) is 0.444. The lowest BCUT2D eigenvalue weighted by molar-refractivity contribution is 0.456. The first-order chi connectivity index (χ1) is 7.74. The van der Waals surface area contributed by atoms with Gasteiger partial charge in [-0.1, -0.05) is 37.3 Å². The number of hydrogen-bond acceptors (Lipinski definition) is 2. The summed E-state index contributed by atoms with van der Waals surface area (Å²) in [6.07, 6.45) is 0.685. The van der Waals surface area contributed by atoms with Crippen LogP contribution in [0.4, 0.5) is 0 Å². The highest BCUT2D eigenvalue weighted by molar-refractivity contribution is 5.75. The molecule has 0 bridgehead atoms. The number of aromatic hydroxyl groups is 2. The summed E-state index contributed by atoms with van der Waals surface area (Å²) in [5.41, 5.74) is 2.43. The summed E-state index contributed by atoms with van der Waals surface area (Å²) < 4.78 is 0. The van der Waals surface area contributed by atoms with E-state index in [1.807, 2.05) is 37.3 Å². The predicted molar refractivity (Wildman–Crippen MR) is 64.6 cm³/mol. The molecule has 0 spiro atoms. The SMILES string of the molecule is CCc1c(O)ccc(O)c1-c1ccccc1. The average Bonchev–Trinajstić information content (AvgIpc) is 2.33. The Balaban J connectivity index is 2.68. The molecule has 0 heterocycles. The standard InChI is InChI=1S/C14H14O2/c1-2-11-12(15)8-9-13(16)14(11)10-6-4-3-5-7-10/h3-9,15-16H,2H2,1H3. The minimum Gasteiger partial charge on any atom is -0.508 e. The average molecular weight is 214 g/mol. The van der Waals surface area contributed by atoms with Gasteiger partial charge in [0.25, 0.3) is 0 Å². The van der Waals surface area contributed by atoms with Gasteiger partial charge in [0.2, 0.25) is 0 Å². The highest BCUT2D eigenvalue weighted by Gasteiger charge is 2.12. The lowest BCUT2D eigenvalue weighted by atomic mass is 9.96. The highest BCUT2D eigenvalue weighted by atomic mass is 16.3. The number of rotatable bonds is 2. The second-order valence-electron chi connectivity index (χ2n) is 3.68. The molecular weight excluding hydrogens is 200 g/mol. The Morgan fingerprint density at radius 1 is 0.875 bits per heavy atom. The molecule has 0 fully saturated rings. The van der Waals surface area contributed by atoms with E-state index in [-0.39, 0.29) is 11.5 Å². The zero-order valence-corrected chi connectivity index (χ0v) is 9.14. The first-order valence-electron chi connectivity index (χ1n) is 5.33. The molecule has 0 radical (unpaired) electrons. The Hall–Kier alpha value is -1.96. The van der Waals surface area contributed by atoms with Crippen molar-refractivity contribution >= 4 is 0 Å². The van der Waals surface area contributed by atoms with Crippen molar-refractivity contribution in [3.63, 3.8) is 0 Å². The molecule has 0 aliphatic rings. The van der Waals surface area contributed by atoms with E-state index in [9.17, 15) is 10.2 Å². The smallest absolute Gasteiger partial charge is 0.123 e. The number of benzene rings is 2. The summed E-state index contributed by atoms with van der Waals surface area (Å²) in [7, 11) is 0. The zero-order valence-electron chi connectivity index (χ0n) is 9.14. The van der Waals surface area contributed by atoms with Gasteiger partial charge >= 0.3 is 0 Å². The normalized spacial score (nSPS) is 10.3. The van der Waals surface area contributed by atoms with E-state index < -0.39 is 0 Å². The molecule has 0 atom stereocenters. The molecule has 2 aromatic carbocycles. The second-order valence-corrected chi connectivity index (χ2v) is 3.68. The first-order valence-corrected chi connectivity index (χ1v) is 5.33. The molecule has 2 heteroatoms. The van der Waals surface area contributed by atoms with Crippen LogP contribution in [0.1, 0.15) is 12.5 Å². The molecule has 0 aliphatic carbocycles. The van der Waals surface area contributed by atoms with E-state index in [2.05, 4.69) is 0 Å². The van der Waals surface area contributed by atoms with Crippen LogP contribution in [0.25, 0.3) is 11.1 Å². The van der Waals surface area contributed by atoms with Crippen molar-refractivity contribution in [3.8, 4) is 22.6 Å². The van der Waals surface area contributed by atoms with E-state index in [4.69, 9.17) is 0 Å². The lowest BCUT2D eigenvalue weighted by Crippen LogP contribution is -1.89. The maximum absolute atomic E-state index is 9.89. The predicted octanol–water partition coefficient (Wildman–Crippen LogP) is 3.33. The second kappa shape index (κ2) is 4.27. The molecule has 2 rings (SSSR count). The van der Waals surface area contributed by atoms with Crippen LogP contribution in [-0.2, 0) is 6.42 Å². The van der Waals surface area contributed by atoms with Gasteiger partial charge in [-0.15, -0.1) is 0 Å². The van der Waals surface area contributed by atoms with Crippen molar-refractivity contribution in [1.82, 2.24) is 0 Å². The minimum absolute atomic E-state index is 0.209. The van der Waals surface area contributed by atoms with E-state index in [1.54, 1.807) is 0 Å². The monoisotopic (exact) mass is 214 g/mol. The van der Waals surface area contributed by atoms with Crippen molar-refractivity contribution in [2.24, 2.45) is 0 Å². The molecule has 2 aromatic rings. The summed E-state index contributed by atoms with van der Waals surface area (Å²) in [6.45, 7) is 1.96. The Kier molecular flexibility index (Phi) is 2.82. The van der Waals surface area contributed by atoms with Crippen LogP contribution in [0.15, 0.2) is 42.5 Å². The fourth-order valence-electron chi connectivity index (χ4n) is 1.91. The van der Waals surface area contributed by atoms with Gasteiger partial charge in [0.1, 0.15) is 11.5 Å². The number of hydrogen-bond donors (Lipinski definition) is 2. The van der Waals surface area contributed by atoms with Crippen molar-refractivity contribution in [3.05, 3.63) is 48.0 Å². The van der Waals surface area contributed by atoms with Crippen LogP contribution in [0, 0.1) is 0 Å². The van der Waals surface area contributed by atoms with Crippen LogP contribution in [-0.4, -0.2) is 10.2 Å². The van der Waals surface area contributed by atoms with Gasteiger partial charge in [-0.05, 0) is 24.1 Å². The van der Waals surface area contributed by atoms with E-state index in [0.717, 1.165) is 16.7 Å². The van der Waals surface area contributed by atoms with Crippen molar-refractivity contribution < 1.29 is 10.2 Å². The summed E-state index contributed by atoms with van der Waals surface area (Å²) in [4.78, 5) is 0. The summed E-state index contributed by atoms with van der Waals surface area (Å²) >= 11 is 0. The topological polar surface area (TPSA) is 40.5 Å². The molecule has 0 amide bonds. The molecule has 2 nitrogen and oxygen atoms in total. The first kappa shape index (κ1) is 10.6. The Morgan fingerprint density at radius 2 is 1.50 bits per heavy atom. The quantitative estimate of drug-likeness (QED) is 0.753. The van der Waals surface area contributed by atoms with Gasteiger partial charge in [0.15, 0.2) is 0 Å². The summed E-state index contributed by atoms with van der Waals surface area (Å²) in [5, 5.41) is 19.7. The minimum atomic E-state index is 0.209. The van der Waals surface area contributed by atoms with Crippen LogP contribution in [0.2, 0.25) is 0 Å². The maximum atomic E-state index is 9.89. The molecule has 82 valence electrons. The Labute approximate surface area is 94.8 Å². The van der Waals surface area contributed by atoms with Gasteiger partial charge in [-0.25, -0.2) is 0 Å². The lowest BCUT2D eigenvalue weighted by Gasteiger charge is -2.12. The fraction of sp³-hybridized carbons (Fsp3) is 0.143. The number of phenols is 2. The molecule has 0 saturated heterocycles. The molecule has 2 N–H and O–H groups in total. The van der Waals surface area contributed by atoms with Gasteiger partial charge in [0, 0.05) is 11.1 Å². The molecule has 0 aromatic heterocycles. The van der Waals surface area contributed by atoms with Crippen LogP contribution in [0.3, 0.4) is 0 Å². The van der Waals surface area contributed by atoms with Gasteiger partial charge in [0.05, 0.1) is 0 Å². The van der Waals surface area contributed by atoms with Crippen molar-refractivity contribution in [2.75, 3.05) is 0 Å². The zero-order chi connectivity index (χ0) is 11.5. The third-order valence-electron chi connectivity index (χ3n) is 2.68. The van der Waals surface area contributed by atoms with Gasteiger partial charge in [-0.3, -0.25) is 0 Å². The van der Waals surface area contributed by atoms with Crippen LogP contribution < -0.4 is 0 Å².